The van der Waals surface area contributed by atoms with Gasteiger partial charge < -0.3 is 10.3 Å². The minimum atomic E-state index is -0.163. The highest BCUT2D eigenvalue weighted by atomic mass is 16.2. The second-order valence-corrected chi connectivity index (χ2v) is 2.96. The van der Waals surface area contributed by atoms with E-state index in [1.54, 1.807) is 0 Å². The highest BCUT2D eigenvalue weighted by Gasteiger charge is 2.08. The molecule has 2 N–H and O–H groups in total. The number of aromatic amines is 1. The largest absolute Gasteiger partial charge is 0.350 e. The molecule has 0 fully saturated rings. The molecule has 0 aliphatic rings. The molecular formula is C10H11N3O. The van der Waals surface area contributed by atoms with Crippen LogP contribution >= 0.6 is 0 Å². The Morgan fingerprint density at radius 3 is 3.00 bits per heavy atom. The molecule has 0 bridgehead atoms. The monoisotopic (exact) mass is 189 g/mol. The fourth-order valence-corrected chi connectivity index (χ4v) is 1.30. The van der Waals surface area contributed by atoms with E-state index in [4.69, 9.17) is 0 Å². The van der Waals surface area contributed by atoms with Gasteiger partial charge in [0.2, 0.25) is 0 Å². The lowest BCUT2D eigenvalue weighted by Gasteiger charge is -1.95. The summed E-state index contributed by atoms with van der Waals surface area (Å²) in [5, 5.41) is 2.69. The van der Waals surface area contributed by atoms with Crippen LogP contribution < -0.4 is 5.32 Å². The van der Waals surface area contributed by atoms with Crippen molar-refractivity contribution >= 4 is 16.9 Å². The highest BCUT2D eigenvalue weighted by Crippen LogP contribution is 2.09. The summed E-state index contributed by atoms with van der Waals surface area (Å²) in [6.45, 7) is 2.48. The number of benzene rings is 1. The topological polar surface area (TPSA) is 57.8 Å². The van der Waals surface area contributed by atoms with Crippen LogP contribution in [-0.2, 0) is 0 Å². The van der Waals surface area contributed by atoms with Gasteiger partial charge in [-0.15, -0.1) is 0 Å². The summed E-state index contributed by atoms with van der Waals surface area (Å²) in [4.78, 5) is 18.5. The van der Waals surface area contributed by atoms with Crippen LogP contribution in [0.2, 0.25) is 0 Å². The van der Waals surface area contributed by atoms with E-state index in [1.165, 1.54) is 0 Å². The molecule has 1 aromatic carbocycles. The van der Waals surface area contributed by atoms with Gasteiger partial charge in [0.15, 0.2) is 5.82 Å². The summed E-state index contributed by atoms with van der Waals surface area (Å²) >= 11 is 0. The zero-order chi connectivity index (χ0) is 9.97. The Bertz CT molecular complexity index is 428. The summed E-state index contributed by atoms with van der Waals surface area (Å²) in [7, 11) is 0. The van der Waals surface area contributed by atoms with E-state index in [0.29, 0.717) is 12.4 Å². The lowest BCUT2D eigenvalue weighted by molar-refractivity contribution is 0.0947. The average molecular weight is 189 g/mol. The van der Waals surface area contributed by atoms with Crippen LogP contribution in [-0.4, -0.2) is 22.4 Å². The highest BCUT2D eigenvalue weighted by molar-refractivity contribution is 5.94. The van der Waals surface area contributed by atoms with Crippen LogP contribution in [0.15, 0.2) is 24.3 Å². The second-order valence-electron chi connectivity index (χ2n) is 2.96. The number of hydrogen-bond donors (Lipinski definition) is 2. The van der Waals surface area contributed by atoms with Gasteiger partial charge in [-0.05, 0) is 19.1 Å². The molecule has 0 aliphatic heterocycles. The van der Waals surface area contributed by atoms with E-state index in [-0.39, 0.29) is 5.91 Å². The summed E-state index contributed by atoms with van der Waals surface area (Å²) in [5.41, 5.74) is 1.70. The number of para-hydroxylation sites is 2. The maximum atomic E-state index is 11.4. The molecule has 2 rings (SSSR count). The van der Waals surface area contributed by atoms with E-state index >= 15 is 0 Å². The molecule has 72 valence electrons. The quantitative estimate of drug-likeness (QED) is 0.748. The van der Waals surface area contributed by atoms with Gasteiger partial charge in [-0.1, -0.05) is 12.1 Å². The van der Waals surface area contributed by atoms with Crippen molar-refractivity contribution < 1.29 is 4.79 Å². The fraction of sp³-hybridized carbons (Fsp3) is 0.200. The fourth-order valence-electron chi connectivity index (χ4n) is 1.30. The van der Waals surface area contributed by atoms with Gasteiger partial charge in [0, 0.05) is 6.54 Å². The minimum absolute atomic E-state index is 0.163. The van der Waals surface area contributed by atoms with Crippen LogP contribution in [0.25, 0.3) is 11.0 Å². The molecule has 0 atom stereocenters. The predicted octanol–water partition coefficient (Wildman–Crippen LogP) is 1.31. The molecule has 0 aliphatic carbocycles. The number of rotatable bonds is 2. The van der Waals surface area contributed by atoms with Gasteiger partial charge in [-0.2, -0.15) is 0 Å². The molecular weight excluding hydrogens is 178 g/mol. The second kappa shape index (κ2) is 3.49. The number of aromatic nitrogens is 2. The van der Waals surface area contributed by atoms with Gasteiger partial charge in [0.05, 0.1) is 11.0 Å². The summed E-state index contributed by atoms with van der Waals surface area (Å²) in [6, 6.07) is 7.56. The molecule has 0 radical (unpaired) electrons. The summed E-state index contributed by atoms with van der Waals surface area (Å²) in [5.74, 6) is 0.205. The smallest absolute Gasteiger partial charge is 0.287 e. The number of amides is 1. The first-order valence-electron chi connectivity index (χ1n) is 4.54. The molecule has 4 nitrogen and oxygen atoms in total. The Hall–Kier alpha value is -1.84. The zero-order valence-electron chi connectivity index (χ0n) is 7.87. The number of nitrogens with zero attached hydrogens (tertiary/aromatic N) is 1. The molecule has 0 saturated carbocycles. The number of H-pyrrole nitrogens is 1. The van der Waals surface area contributed by atoms with Crippen LogP contribution in [0.4, 0.5) is 0 Å². The molecule has 0 saturated heterocycles. The van der Waals surface area contributed by atoms with Crippen molar-refractivity contribution in [2.75, 3.05) is 6.54 Å². The molecule has 1 amide bonds. The van der Waals surface area contributed by atoms with Gasteiger partial charge in [0.1, 0.15) is 0 Å². The maximum absolute atomic E-state index is 11.4. The first-order chi connectivity index (χ1) is 6.81. The van der Waals surface area contributed by atoms with Crippen LogP contribution in [0.3, 0.4) is 0 Å². The van der Waals surface area contributed by atoms with Crippen molar-refractivity contribution in [2.24, 2.45) is 0 Å². The third-order valence-corrected chi connectivity index (χ3v) is 1.94. The van der Waals surface area contributed by atoms with E-state index in [0.717, 1.165) is 11.0 Å². The number of carbonyl (C=O) groups is 1. The Kier molecular flexibility index (Phi) is 2.18. The van der Waals surface area contributed by atoms with Crippen molar-refractivity contribution in [3.05, 3.63) is 30.1 Å². The maximum Gasteiger partial charge on any atom is 0.287 e. The van der Waals surface area contributed by atoms with E-state index < -0.39 is 0 Å². The third kappa shape index (κ3) is 1.46. The minimum Gasteiger partial charge on any atom is -0.350 e. The lowest BCUT2D eigenvalue weighted by Crippen LogP contribution is -2.23. The van der Waals surface area contributed by atoms with Crippen molar-refractivity contribution in [3.8, 4) is 0 Å². The third-order valence-electron chi connectivity index (χ3n) is 1.94. The number of carbonyl (C=O) groups excluding carboxylic acids is 1. The molecule has 0 spiro atoms. The van der Waals surface area contributed by atoms with Crippen molar-refractivity contribution in [1.29, 1.82) is 0 Å². The Morgan fingerprint density at radius 1 is 1.50 bits per heavy atom. The SMILES string of the molecule is CCNC(=O)c1nc2ccccc2[nH]1. The molecule has 1 aromatic heterocycles. The van der Waals surface area contributed by atoms with E-state index in [9.17, 15) is 4.79 Å². The lowest BCUT2D eigenvalue weighted by atomic mass is 10.3. The summed E-state index contributed by atoms with van der Waals surface area (Å²) < 4.78 is 0. The average Bonchev–Trinajstić information content (AvgIpc) is 2.61. The van der Waals surface area contributed by atoms with Crippen molar-refractivity contribution in [1.82, 2.24) is 15.3 Å². The number of fused-ring (bicyclic) bond motifs is 1. The van der Waals surface area contributed by atoms with Crippen LogP contribution in [0.5, 0.6) is 0 Å². The van der Waals surface area contributed by atoms with Crippen LogP contribution in [0, 0.1) is 0 Å². The van der Waals surface area contributed by atoms with Gasteiger partial charge >= 0.3 is 0 Å². The summed E-state index contributed by atoms with van der Waals surface area (Å²) in [6.07, 6.45) is 0. The number of hydrogen-bond acceptors (Lipinski definition) is 2. The van der Waals surface area contributed by atoms with Crippen molar-refractivity contribution in [3.63, 3.8) is 0 Å². The van der Waals surface area contributed by atoms with Crippen molar-refractivity contribution in [2.45, 2.75) is 6.92 Å². The molecule has 14 heavy (non-hydrogen) atoms. The molecule has 0 unspecified atom stereocenters. The number of imidazole rings is 1. The van der Waals surface area contributed by atoms with E-state index in [2.05, 4.69) is 15.3 Å². The Labute approximate surface area is 81.3 Å². The Balaban J connectivity index is 2.40. The predicted molar refractivity (Wildman–Crippen MR) is 54.1 cm³/mol. The zero-order valence-corrected chi connectivity index (χ0v) is 7.87. The Morgan fingerprint density at radius 2 is 2.29 bits per heavy atom. The van der Waals surface area contributed by atoms with Gasteiger partial charge in [0.25, 0.3) is 5.91 Å². The molecule has 1 heterocycles. The van der Waals surface area contributed by atoms with Crippen LogP contribution in [0.1, 0.15) is 17.5 Å². The first kappa shape index (κ1) is 8.74. The van der Waals surface area contributed by atoms with Gasteiger partial charge in [-0.25, -0.2) is 4.98 Å². The first-order valence-corrected chi connectivity index (χ1v) is 4.54. The standard InChI is InChI=1S/C10H11N3O/c1-2-11-10(14)9-12-7-5-3-4-6-8(7)13-9/h3-6H,2H2,1H3,(H,11,14)(H,12,13). The normalized spacial score (nSPS) is 10.4. The van der Waals surface area contributed by atoms with E-state index in [1.807, 2.05) is 31.2 Å². The molecule has 2 aromatic rings. The number of nitrogens with one attached hydrogen (secondary N) is 2. The van der Waals surface area contributed by atoms with Gasteiger partial charge in [-0.3, -0.25) is 4.79 Å². The molecule has 4 heteroatoms.